The van der Waals surface area contributed by atoms with Crippen LogP contribution in [0.1, 0.15) is 23.3 Å². The van der Waals surface area contributed by atoms with Crippen LogP contribution in [-0.4, -0.2) is 41.4 Å². The average Bonchev–Trinajstić information content (AvgIpc) is 3.25. The Morgan fingerprint density at radius 3 is 2.68 bits per heavy atom. The van der Waals surface area contributed by atoms with Gasteiger partial charge < -0.3 is 20.3 Å². The first kappa shape index (κ1) is 17.9. The zero-order chi connectivity index (χ0) is 16.5. The molecule has 134 valence electrons. The summed E-state index contributed by atoms with van der Waals surface area (Å²) in [4.78, 5) is 12.4. The molecule has 0 bridgehead atoms. The zero-order valence-corrected chi connectivity index (χ0v) is 14.5. The van der Waals surface area contributed by atoms with Crippen molar-refractivity contribution in [2.75, 3.05) is 13.1 Å². The van der Waals surface area contributed by atoms with Crippen LogP contribution in [0.25, 0.3) is 11.3 Å². The molecule has 1 aromatic heterocycles. The van der Waals surface area contributed by atoms with E-state index in [9.17, 15) is 9.90 Å². The Balaban J connectivity index is 0.00000182. The molecular formula is C18H22ClN3O3. The molecule has 1 saturated heterocycles. The average molecular weight is 364 g/mol. The molecule has 7 heteroatoms. The van der Waals surface area contributed by atoms with E-state index in [1.807, 2.05) is 30.3 Å². The highest BCUT2D eigenvalue weighted by molar-refractivity contribution is 5.93. The van der Waals surface area contributed by atoms with E-state index in [0.717, 1.165) is 31.5 Å². The second-order valence-corrected chi connectivity index (χ2v) is 6.74. The third kappa shape index (κ3) is 3.71. The number of amides is 1. The van der Waals surface area contributed by atoms with Crippen LogP contribution in [0.15, 0.2) is 40.9 Å². The maximum absolute atomic E-state index is 12.4. The second-order valence-electron chi connectivity index (χ2n) is 6.74. The normalized spacial score (nSPS) is 28.0. The van der Waals surface area contributed by atoms with Gasteiger partial charge in [0, 0.05) is 11.6 Å². The number of aliphatic hydroxyl groups is 1. The van der Waals surface area contributed by atoms with E-state index in [-0.39, 0.29) is 30.0 Å². The maximum Gasteiger partial charge on any atom is 0.273 e. The van der Waals surface area contributed by atoms with Gasteiger partial charge in [-0.1, -0.05) is 35.5 Å². The maximum atomic E-state index is 12.4. The van der Waals surface area contributed by atoms with E-state index in [2.05, 4.69) is 15.8 Å². The summed E-state index contributed by atoms with van der Waals surface area (Å²) in [7, 11) is 0. The molecule has 1 amide bonds. The first-order valence-electron chi connectivity index (χ1n) is 8.42. The highest BCUT2D eigenvalue weighted by atomic mass is 35.5. The molecule has 1 aliphatic heterocycles. The van der Waals surface area contributed by atoms with Crippen LogP contribution in [-0.2, 0) is 0 Å². The van der Waals surface area contributed by atoms with Crippen LogP contribution in [0.4, 0.5) is 0 Å². The number of hydrogen-bond donors (Lipinski definition) is 3. The Hall–Kier alpha value is -1.89. The minimum atomic E-state index is -0.504. The number of benzene rings is 1. The minimum absolute atomic E-state index is 0. The molecule has 4 rings (SSSR count). The Bertz CT molecular complexity index is 721. The topological polar surface area (TPSA) is 87.4 Å². The molecule has 3 N–H and O–H groups in total. The Morgan fingerprint density at radius 2 is 1.92 bits per heavy atom. The number of nitrogens with one attached hydrogen (secondary N) is 2. The Morgan fingerprint density at radius 1 is 1.20 bits per heavy atom. The van der Waals surface area contributed by atoms with E-state index in [1.165, 1.54) is 0 Å². The molecule has 0 unspecified atom stereocenters. The van der Waals surface area contributed by atoms with Gasteiger partial charge in [-0.15, -0.1) is 12.4 Å². The lowest BCUT2D eigenvalue weighted by atomic mass is 9.77. The summed E-state index contributed by atoms with van der Waals surface area (Å²) in [5, 5.41) is 20.5. The zero-order valence-electron chi connectivity index (χ0n) is 13.7. The monoisotopic (exact) mass is 363 g/mol. The van der Waals surface area contributed by atoms with E-state index < -0.39 is 6.10 Å². The number of nitrogens with zero attached hydrogens (tertiary/aromatic N) is 1. The molecule has 1 aromatic carbocycles. The summed E-state index contributed by atoms with van der Waals surface area (Å²) in [5.41, 5.74) is 1.12. The van der Waals surface area contributed by atoms with Crippen molar-refractivity contribution in [2.45, 2.75) is 25.0 Å². The summed E-state index contributed by atoms with van der Waals surface area (Å²) >= 11 is 0. The quantitative estimate of drug-likeness (QED) is 0.774. The van der Waals surface area contributed by atoms with Crippen LogP contribution in [0.5, 0.6) is 0 Å². The van der Waals surface area contributed by atoms with Crippen LogP contribution < -0.4 is 10.6 Å². The standard InChI is InChI=1S/C18H21N3O3.ClH/c22-16-7-13-10-19-9-12(13)6-14(16)20-18(23)15-8-17(24-21-15)11-4-2-1-3-5-11;/h1-5,8,12-14,16,19,22H,6-7,9-10H2,(H,20,23);1H/t12-,13+,14-,16-;/m0./s1. The van der Waals surface area contributed by atoms with Crippen molar-refractivity contribution in [3.8, 4) is 11.3 Å². The van der Waals surface area contributed by atoms with Crippen LogP contribution in [0, 0.1) is 11.8 Å². The number of halogens is 1. The van der Waals surface area contributed by atoms with Gasteiger partial charge in [-0.25, -0.2) is 0 Å². The van der Waals surface area contributed by atoms with Crippen molar-refractivity contribution in [2.24, 2.45) is 11.8 Å². The second kappa shape index (κ2) is 7.56. The van der Waals surface area contributed by atoms with E-state index >= 15 is 0 Å². The molecule has 2 aromatic rings. The molecule has 1 aliphatic carbocycles. The van der Waals surface area contributed by atoms with Crippen molar-refractivity contribution in [3.05, 3.63) is 42.1 Å². The van der Waals surface area contributed by atoms with Crippen LogP contribution >= 0.6 is 12.4 Å². The van der Waals surface area contributed by atoms with E-state index in [0.29, 0.717) is 17.6 Å². The molecule has 0 spiro atoms. The third-order valence-electron chi connectivity index (χ3n) is 5.16. The molecule has 1 saturated carbocycles. The lowest BCUT2D eigenvalue weighted by Gasteiger charge is -2.35. The summed E-state index contributed by atoms with van der Waals surface area (Å²) in [6.45, 7) is 1.93. The van der Waals surface area contributed by atoms with Gasteiger partial charge >= 0.3 is 0 Å². The molecule has 2 heterocycles. The molecule has 25 heavy (non-hydrogen) atoms. The Kier molecular flexibility index (Phi) is 5.42. The number of rotatable bonds is 3. The smallest absolute Gasteiger partial charge is 0.273 e. The van der Waals surface area contributed by atoms with Crippen molar-refractivity contribution in [1.82, 2.24) is 15.8 Å². The number of carbonyl (C=O) groups excluding carboxylic acids is 1. The fraction of sp³-hybridized carbons (Fsp3) is 0.444. The highest BCUT2D eigenvalue weighted by Gasteiger charge is 2.39. The predicted molar refractivity (Wildman–Crippen MR) is 95.5 cm³/mol. The first-order valence-corrected chi connectivity index (χ1v) is 8.42. The fourth-order valence-electron chi connectivity index (χ4n) is 3.81. The SMILES string of the molecule is Cl.O=C(N[C@H]1C[C@H]2CNC[C@H]2C[C@@H]1O)c1cc(-c2ccccc2)on1. The van der Waals surface area contributed by atoms with Gasteiger partial charge in [-0.3, -0.25) is 4.79 Å². The van der Waals surface area contributed by atoms with Gasteiger partial charge in [-0.2, -0.15) is 0 Å². The Labute approximate surface area is 152 Å². The summed E-state index contributed by atoms with van der Waals surface area (Å²) < 4.78 is 5.27. The number of hydrogen-bond acceptors (Lipinski definition) is 5. The summed E-state index contributed by atoms with van der Waals surface area (Å²) in [5.74, 6) is 1.31. The van der Waals surface area contributed by atoms with E-state index in [1.54, 1.807) is 6.07 Å². The van der Waals surface area contributed by atoms with E-state index in [4.69, 9.17) is 4.52 Å². The van der Waals surface area contributed by atoms with Crippen LogP contribution in [0.3, 0.4) is 0 Å². The molecule has 2 fully saturated rings. The lowest BCUT2D eigenvalue weighted by Crippen LogP contribution is -2.49. The van der Waals surface area contributed by atoms with Gasteiger partial charge in [0.05, 0.1) is 12.1 Å². The van der Waals surface area contributed by atoms with Crippen molar-refractivity contribution in [3.63, 3.8) is 0 Å². The van der Waals surface area contributed by atoms with Gasteiger partial charge in [0.1, 0.15) is 0 Å². The largest absolute Gasteiger partial charge is 0.391 e. The van der Waals surface area contributed by atoms with Gasteiger partial charge in [0.2, 0.25) is 0 Å². The van der Waals surface area contributed by atoms with Gasteiger partial charge in [0.25, 0.3) is 5.91 Å². The third-order valence-corrected chi connectivity index (χ3v) is 5.16. The summed E-state index contributed by atoms with van der Waals surface area (Å²) in [6.07, 6.45) is 1.03. The van der Waals surface area contributed by atoms with Gasteiger partial charge in [-0.05, 0) is 37.8 Å². The predicted octanol–water partition coefficient (Wildman–Crippen LogP) is 1.85. The molecule has 2 aliphatic rings. The van der Waals surface area contributed by atoms with Crippen molar-refractivity contribution in [1.29, 1.82) is 0 Å². The molecule has 6 nitrogen and oxygen atoms in total. The number of aromatic nitrogens is 1. The molecular weight excluding hydrogens is 342 g/mol. The van der Waals surface area contributed by atoms with Crippen molar-refractivity contribution < 1.29 is 14.4 Å². The lowest BCUT2D eigenvalue weighted by molar-refractivity contribution is 0.0459. The number of fused-ring (bicyclic) bond motifs is 1. The fourth-order valence-corrected chi connectivity index (χ4v) is 3.81. The molecule has 4 atom stereocenters. The highest BCUT2D eigenvalue weighted by Crippen LogP contribution is 2.33. The van der Waals surface area contributed by atoms with Gasteiger partial charge in [0.15, 0.2) is 11.5 Å². The van der Waals surface area contributed by atoms with Crippen molar-refractivity contribution >= 4 is 18.3 Å². The number of carbonyl (C=O) groups is 1. The van der Waals surface area contributed by atoms with Crippen LogP contribution in [0.2, 0.25) is 0 Å². The first-order chi connectivity index (χ1) is 11.7. The summed E-state index contributed by atoms with van der Waals surface area (Å²) in [6, 6.07) is 10.9. The minimum Gasteiger partial charge on any atom is -0.391 e. The number of aliphatic hydroxyl groups excluding tert-OH is 1. The molecule has 0 radical (unpaired) electrons.